The summed E-state index contributed by atoms with van der Waals surface area (Å²) in [6.07, 6.45) is 8.52. The van der Waals surface area contributed by atoms with Crippen LogP contribution in [-0.4, -0.2) is 11.1 Å². The Morgan fingerprint density at radius 3 is 2.35 bits per heavy atom. The molecule has 4 aliphatic carbocycles. The Kier molecular flexibility index (Phi) is 2.24. The van der Waals surface area contributed by atoms with E-state index in [2.05, 4.69) is 13.5 Å². The largest absolute Gasteiger partial charge is 0.478 e. The van der Waals surface area contributed by atoms with Crippen LogP contribution in [0.15, 0.2) is 12.2 Å². The minimum absolute atomic E-state index is 0.0497. The molecule has 94 valence electrons. The molecule has 0 heterocycles. The summed E-state index contributed by atoms with van der Waals surface area (Å²) in [5.41, 5.74) is 0.901. The highest BCUT2D eigenvalue weighted by Crippen LogP contribution is 2.68. The van der Waals surface area contributed by atoms with Gasteiger partial charge in [-0.3, -0.25) is 0 Å². The van der Waals surface area contributed by atoms with Crippen molar-refractivity contribution < 1.29 is 9.90 Å². The molecule has 4 saturated carbocycles. The topological polar surface area (TPSA) is 37.3 Å². The third-order valence-corrected chi connectivity index (χ3v) is 5.83. The maximum absolute atomic E-state index is 11.3. The average molecular weight is 234 g/mol. The van der Waals surface area contributed by atoms with E-state index < -0.39 is 5.97 Å². The molecule has 2 heteroatoms. The molecule has 0 saturated heterocycles. The average Bonchev–Trinajstić information content (AvgIpc) is 2.26. The molecular formula is C15H22O2. The molecule has 0 aromatic rings. The van der Waals surface area contributed by atoms with Gasteiger partial charge in [0.15, 0.2) is 0 Å². The number of rotatable bonds is 3. The molecule has 0 amide bonds. The van der Waals surface area contributed by atoms with Gasteiger partial charge in [-0.05, 0) is 55.8 Å². The molecule has 4 bridgehead atoms. The van der Waals surface area contributed by atoms with Crippen LogP contribution < -0.4 is 0 Å². The molecule has 0 aromatic heterocycles. The van der Waals surface area contributed by atoms with Crippen LogP contribution in [0.3, 0.4) is 0 Å². The summed E-state index contributed by atoms with van der Waals surface area (Å²) in [4.78, 5) is 11.3. The van der Waals surface area contributed by atoms with Crippen molar-refractivity contribution in [2.75, 3.05) is 0 Å². The quantitative estimate of drug-likeness (QED) is 0.757. The first kappa shape index (κ1) is 11.3. The van der Waals surface area contributed by atoms with Crippen LogP contribution in [0.1, 0.15) is 51.9 Å². The Bertz CT molecular complexity index is 368. The predicted octanol–water partition coefficient (Wildman–Crippen LogP) is 3.62. The van der Waals surface area contributed by atoms with E-state index >= 15 is 0 Å². The molecule has 0 spiro atoms. The third kappa shape index (κ3) is 1.49. The van der Waals surface area contributed by atoms with Gasteiger partial charge in [-0.15, -0.1) is 0 Å². The van der Waals surface area contributed by atoms with Crippen molar-refractivity contribution in [2.45, 2.75) is 51.9 Å². The van der Waals surface area contributed by atoms with Crippen molar-refractivity contribution in [1.82, 2.24) is 0 Å². The van der Waals surface area contributed by atoms with Gasteiger partial charge in [-0.25, -0.2) is 4.79 Å². The maximum Gasteiger partial charge on any atom is 0.331 e. The minimum atomic E-state index is -0.766. The highest BCUT2D eigenvalue weighted by Gasteiger charge is 2.58. The molecule has 1 N–H and O–H groups in total. The van der Waals surface area contributed by atoms with Gasteiger partial charge in [0, 0.05) is 11.0 Å². The Labute approximate surface area is 103 Å². The second-order valence-electron chi connectivity index (χ2n) is 6.88. The molecule has 0 radical (unpaired) electrons. The van der Waals surface area contributed by atoms with E-state index in [1.807, 2.05) is 0 Å². The van der Waals surface area contributed by atoms with E-state index in [1.54, 1.807) is 0 Å². The maximum atomic E-state index is 11.3. The number of carboxylic acids is 1. The summed E-state index contributed by atoms with van der Waals surface area (Å²) in [6.45, 7) is 6.19. The summed E-state index contributed by atoms with van der Waals surface area (Å²) in [5, 5.41) is 9.30. The molecule has 2 unspecified atom stereocenters. The number of hydrogen-bond acceptors (Lipinski definition) is 1. The zero-order chi connectivity index (χ0) is 12.3. The fourth-order valence-electron chi connectivity index (χ4n) is 5.45. The SMILES string of the molecule is C=C(C(=O)O)C12CC3CC(CC(CC)(C3)C1)C2. The lowest BCUT2D eigenvalue weighted by Crippen LogP contribution is -2.53. The second kappa shape index (κ2) is 3.37. The van der Waals surface area contributed by atoms with Gasteiger partial charge in [0.25, 0.3) is 0 Å². The first-order chi connectivity index (χ1) is 7.99. The minimum Gasteiger partial charge on any atom is -0.478 e. The van der Waals surface area contributed by atoms with Crippen LogP contribution in [0.2, 0.25) is 0 Å². The molecule has 2 atom stereocenters. The lowest BCUT2D eigenvalue weighted by molar-refractivity contribution is -0.139. The molecule has 4 fully saturated rings. The predicted molar refractivity (Wildman–Crippen MR) is 66.6 cm³/mol. The Hall–Kier alpha value is -0.790. The smallest absolute Gasteiger partial charge is 0.331 e. The normalized spacial score (nSPS) is 47.1. The van der Waals surface area contributed by atoms with Crippen LogP contribution in [0.4, 0.5) is 0 Å². The summed E-state index contributed by atoms with van der Waals surface area (Å²) in [6, 6.07) is 0. The van der Waals surface area contributed by atoms with Crippen molar-refractivity contribution in [3.8, 4) is 0 Å². The van der Waals surface area contributed by atoms with Crippen molar-refractivity contribution in [1.29, 1.82) is 0 Å². The Morgan fingerprint density at radius 1 is 1.29 bits per heavy atom. The van der Waals surface area contributed by atoms with Crippen molar-refractivity contribution in [2.24, 2.45) is 22.7 Å². The lowest BCUT2D eigenvalue weighted by atomic mass is 9.42. The monoisotopic (exact) mass is 234 g/mol. The molecule has 0 aromatic carbocycles. The van der Waals surface area contributed by atoms with Crippen LogP contribution in [-0.2, 0) is 4.79 Å². The first-order valence-electron chi connectivity index (χ1n) is 6.91. The summed E-state index contributed by atoms with van der Waals surface area (Å²) in [5.74, 6) is 0.776. The highest BCUT2D eigenvalue weighted by molar-refractivity contribution is 5.87. The zero-order valence-electron chi connectivity index (χ0n) is 10.7. The summed E-state index contributed by atoms with van der Waals surface area (Å²) in [7, 11) is 0. The van der Waals surface area contributed by atoms with Gasteiger partial charge in [0.2, 0.25) is 0 Å². The molecule has 2 nitrogen and oxygen atoms in total. The van der Waals surface area contributed by atoms with E-state index in [4.69, 9.17) is 0 Å². The molecular weight excluding hydrogens is 212 g/mol. The van der Waals surface area contributed by atoms with Gasteiger partial charge in [0.1, 0.15) is 0 Å². The first-order valence-corrected chi connectivity index (χ1v) is 6.91. The van der Waals surface area contributed by atoms with Gasteiger partial charge < -0.3 is 5.11 Å². The van der Waals surface area contributed by atoms with Crippen LogP contribution >= 0.6 is 0 Å². The molecule has 4 aliphatic rings. The fourth-order valence-corrected chi connectivity index (χ4v) is 5.45. The molecule has 4 rings (SSSR count). The van der Waals surface area contributed by atoms with E-state index in [9.17, 15) is 9.90 Å². The van der Waals surface area contributed by atoms with E-state index in [0.29, 0.717) is 11.0 Å². The lowest BCUT2D eigenvalue weighted by Gasteiger charge is -2.62. The Balaban J connectivity index is 1.97. The van der Waals surface area contributed by atoms with Gasteiger partial charge in [-0.1, -0.05) is 19.9 Å². The number of aliphatic carboxylic acids is 1. The number of carbonyl (C=O) groups is 1. The number of hydrogen-bond donors (Lipinski definition) is 1. The standard InChI is InChI=1S/C15H22O2/c1-3-14-5-11-4-12(6-14)8-15(7-11,9-14)10(2)13(16)17/h11-12H,2-9H2,1H3,(H,16,17). The molecule has 17 heavy (non-hydrogen) atoms. The van der Waals surface area contributed by atoms with Crippen molar-refractivity contribution in [3.63, 3.8) is 0 Å². The van der Waals surface area contributed by atoms with Gasteiger partial charge >= 0.3 is 5.97 Å². The zero-order valence-corrected chi connectivity index (χ0v) is 10.7. The van der Waals surface area contributed by atoms with E-state index in [-0.39, 0.29) is 5.41 Å². The summed E-state index contributed by atoms with van der Waals surface area (Å²) >= 11 is 0. The van der Waals surface area contributed by atoms with Crippen LogP contribution in [0.5, 0.6) is 0 Å². The van der Waals surface area contributed by atoms with Crippen molar-refractivity contribution >= 4 is 5.97 Å². The molecule has 0 aliphatic heterocycles. The fraction of sp³-hybridized carbons (Fsp3) is 0.800. The van der Waals surface area contributed by atoms with E-state index in [0.717, 1.165) is 31.1 Å². The van der Waals surface area contributed by atoms with Gasteiger partial charge in [-0.2, -0.15) is 0 Å². The summed E-state index contributed by atoms with van der Waals surface area (Å²) < 4.78 is 0. The van der Waals surface area contributed by atoms with Gasteiger partial charge in [0.05, 0.1) is 0 Å². The van der Waals surface area contributed by atoms with Crippen LogP contribution in [0, 0.1) is 22.7 Å². The third-order valence-electron chi connectivity index (χ3n) is 5.83. The van der Waals surface area contributed by atoms with E-state index in [1.165, 1.54) is 25.7 Å². The highest BCUT2D eigenvalue weighted by atomic mass is 16.4. The Morgan fingerprint density at radius 2 is 1.88 bits per heavy atom. The van der Waals surface area contributed by atoms with Crippen LogP contribution in [0.25, 0.3) is 0 Å². The van der Waals surface area contributed by atoms with Crippen molar-refractivity contribution in [3.05, 3.63) is 12.2 Å². The number of carboxylic acid groups (broad SMARTS) is 1. The second-order valence-corrected chi connectivity index (χ2v) is 6.88.